The molecule has 0 aromatic heterocycles. The van der Waals surface area contributed by atoms with E-state index in [4.69, 9.17) is 9.47 Å². The minimum Gasteiger partial charge on any atom is -0.454 e. The number of fused-ring (bicyclic) bond motifs is 1. The van der Waals surface area contributed by atoms with E-state index in [-0.39, 0.29) is 12.7 Å². The van der Waals surface area contributed by atoms with Crippen molar-refractivity contribution in [2.45, 2.75) is 13.0 Å². The first-order chi connectivity index (χ1) is 13.6. The molecule has 0 saturated heterocycles. The SMILES string of the molecule is CN=C(NCCc1cccc(C(=O)N(C)C)c1)NCc1ccc2c(c1)OCO2. The van der Waals surface area contributed by atoms with Crippen LogP contribution in [0.2, 0.25) is 0 Å². The summed E-state index contributed by atoms with van der Waals surface area (Å²) in [5, 5.41) is 6.59. The fourth-order valence-electron chi connectivity index (χ4n) is 2.90. The number of nitrogens with one attached hydrogen (secondary N) is 2. The van der Waals surface area contributed by atoms with E-state index in [1.807, 2.05) is 42.5 Å². The molecule has 2 N–H and O–H groups in total. The largest absolute Gasteiger partial charge is 0.454 e. The number of amides is 1. The molecule has 1 amide bonds. The number of carbonyl (C=O) groups is 1. The number of hydrogen-bond donors (Lipinski definition) is 2. The van der Waals surface area contributed by atoms with E-state index in [2.05, 4.69) is 15.6 Å². The summed E-state index contributed by atoms with van der Waals surface area (Å²) in [4.78, 5) is 17.9. The van der Waals surface area contributed by atoms with E-state index in [1.165, 1.54) is 0 Å². The zero-order valence-electron chi connectivity index (χ0n) is 16.5. The van der Waals surface area contributed by atoms with Crippen LogP contribution >= 0.6 is 0 Å². The van der Waals surface area contributed by atoms with E-state index in [9.17, 15) is 4.79 Å². The summed E-state index contributed by atoms with van der Waals surface area (Å²) in [6.45, 7) is 1.61. The van der Waals surface area contributed by atoms with E-state index >= 15 is 0 Å². The Morgan fingerprint density at radius 2 is 1.89 bits per heavy atom. The summed E-state index contributed by atoms with van der Waals surface area (Å²) in [6, 6.07) is 13.6. The van der Waals surface area contributed by atoms with Gasteiger partial charge in [0.2, 0.25) is 6.79 Å². The summed E-state index contributed by atoms with van der Waals surface area (Å²) in [7, 11) is 5.25. The lowest BCUT2D eigenvalue weighted by atomic mass is 10.1. The van der Waals surface area contributed by atoms with Crippen molar-refractivity contribution < 1.29 is 14.3 Å². The van der Waals surface area contributed by atoms with Crippen LogP contribution in [0.1, 0.15) is 21.5 Å². The van der Waals surface area contributed by atoms with Crippen molar-refractivity contribution in [2.24, 2.45) is 4.99 Å². The lowest BCUT2D eigenvalue weighted by Crippen LogP contribution is -2.37. The second-order valence-electron chi connectivity index (χ2n) is 6.69. The number of carbonyl (C=O) groups excluding carboxylic acids is 1. The topological polar surface area (TPSA) is 75.2 Å². The third-order valence-electron chi connectivity index (χ3n) is 4.41. The number of benzene rings is 2. The summed E-state index contributed by atoms with van der Waals surface area (Å²) < 4.78 is 10.7. The fraction of sp³-hybridized carbons (Fsp3) is 0.333. The van der Waals surface area contributed by atoms with Gasteiger partial charge >= 0.3 is 0 Å². The van der Waals surface area contributed by atoms with E-state index in [0.29, 0.717) is 18.7 Å². The minimum atomic E-state index is 0.0102. The molecule has 2 aromatic carbocycles. The summed E-state index contributed by atoms with van der Waals surface area (Å²) >= 11 is 0. The zero-order chi connectivity index (χ0) is 19.9. The first kappa shape index (κ1) is 19.5. The fourth-order valence-corrected chi connectivity index (χ4v) is 2.90. The third-order valence-corrected chi connectivity index (χ3v) is 4.41. The molecule has 0 unspecified atom stereocenters. The van der Waals surface area contributed by atoms with Gasteiger partial charge in [-0.15, -0.1) is 0 Å². The monoisotopic (exact) mass is 382 g/mol. The van der Waals surface area contributed by atoms with Crippen LogP contribution in [0.3, 0.4) is 0 Å². The Balaban J connectivity index is 1.48. The van der Waals surface area contributed by atoms with Gasteiger partial charge < -0.3 is 25.0 Å². The highest BCUT2D eigenvalue weighted by Crippen LogP contribution is 2.32. The number of rotatable bonds is 6. The Bertz CT molecular complexity index is 864. The molecule has 148 valence electrons. The van der Waals surface area contributed by atoms with Gasteiger partial charge in [-0.25, -0.2) is 0 Å². The summed E-state index contributed by atoms with van der Waals surface area (Å²) in [6.07, 6.45) is 0.791. The number of aliphatic imine (C=N–C) groups is 1. The predicted molar refractivity (Wildman–Crippen MR) is 109 cm³/mol. The van der Waals surface area contributed by atoms with Gasteiger partial charge in [-0.05, 0) is 41.8 Å². The van der Waals surface area contributed by atoms with E-state index in [1.54, 1.807) is 26.0 Å². The van der Waals surface area contributed by atoms with Gasteiger partial charge in [0.05, 0.1) is 0 Å². The molecule has 0 radical (unpaired) electrons. The van der Waals surface area contributed by atoms with Gasteiger partial charge in [-0.3, -0.25) is 9.79 Å². The second-order valence-corrected chi connectivity index (χ2v) is 6.69. The number of ether oxygens (including phenoxy) is 2. The van der Waals surface area contributed by atoms with Crippen LogP contribution in [0, 0.1) is 0 Å². The molecule has 28 heavy (non-hydrogen) atoms. The molecule has 7 nitrogen and oxygen atoms in total. The molecule has 7 heteroatoms. The lowest BCUT2D eigenvalue weighted by molar-refractivity contribution is 0.0827. The molecular weight excluding hydrogens is 356 g/mol. The molecule has 1 aliphatic rings. The maximum absolute atomic E-state index is 12.1. The van der Waals surface area contributed by atoms with Crippen molar-refractivity contribution in [1.82, 2.24) is 15.5 Å². The van der Waals surface area contributed by atoms with Gasteiger partial charge in [0, 0.05) is 39.8 Å². The smallest absolute Gasteiger partial charge is 0.253 e. The van der Waals surface area contributed by atoms with Gasteiger partial charge in [0.25, 0.3) is 5.91 Å². The highest BCUT2D eigenvalue weighted by Gasteiger charge is 2.13. The average Bonchev–Trinajstić information content (AvgIpc) is 3.18. The van der Waals surface area contributed by atoms with Crippen LogP contribution in [0.4, 0.5) is 0 Å². The first-order valence-corrected chi connectivity index (χ1v) is 9.20. The van der Waals surface area contributed by atoms with Crippen molar-refractivity contribution in [1.29, 1.82) is 0 Å². The van der Waals surface area contributed by atoms with Crippen molar-refractivity contribution in [2.75, 3.05) is 34.5 Å². The molecule has 2 aromatic rings. The molecular formula is C21H26N4O3. The van der Waals surface area contributed by atoms with Crippen LogP contribution in [0.5, 0.6) is 11.5 Å². The Labute approximate surface area is 165 Å². The summed E-state index contributed by atoms with van der Waals surface area (Å²) in [5.41, 5.74) is 2.89. The molecule has 0 atom stereocenters. The molecule has 1 heterocycles. The first-order valence-electron chi connectivity index (χ1n) is 9.20. The normalized spacial score (nSPS) is 12.6. The van der Waals surface area contributed by atoms with Crippen molar-refractivity contribution in [3.05, 3.63) is 59.2 Å². The van der Waals surface area contributed by atoms with Crippen LogP contribution in [0.15, 0.2) is 47.5 Å². The van der Waals surface area contributed by atoms with Crippen molar-refractivity contribution in [3.63, 3.8) is 0 Å². The number of guanidine groups is 1. The Hall–Kier alpha value is -3.22. The second kappa shape index (κ2) is 9.12. The molecule has 0 aliphatic carbocycles. The van der Waals surface area contributed by atoms with Crippen LogP contribution in [-0.4, -0.2) is 51.2 Å². The molecule has 0 saturated carbocycles. The van der Waals surface area contributed by atoms with Gasteiger partial charge in [0.15, 0.2) is 17.5 Å². The average molecular weight is 382 g/mol. The van der Waals surface area contributed by atoms with E-state index in [0.717, 1.165) is 35.0 Å². The lowest BCUT2D eigenvalue weighted by Gasteiger charge is -2.13. The summed E-state index contributed by atoms with van der Waals surface area (Å²) in [5.74, 6) is 2.28. The maximum atomic E-state index is 12.1. The number of nitrogens with zero attached hydrogens (tertiary/aromatic N) is 2. The van der Waals surface area contributed by atoms with Crippen molar-refractivity contribution in [3.8, 4) is 11.5 Å². The van der Waals surface area contributed by atoms with Crippen LogP contribution in [-0.2, 0) is 13.0 Å². The predicted octanol–water partition coefficient (Wildman–Crippen LogP) is 2.02. The Kier molecular flexibility index (Phi) is 6.37. The van der Waals surface area contributed by atoms with Gasteiger partial charge in [-0.1, -0.05) is 18.2 Å². The molecule has 3 rings (SSSR count). The number of hydrogen-bond acceptors (Lipinski definition) is 4. The van der Waals surface area contributed by atoms with Gasteiger partial charge in [-0.2, -0.15) is 0 Å². The Morgan fingerprint density at radius 3 is 2.68 bits per heavy atom. The van der Waals surface area contributed by atoms with Crippen LogP contribution < -0.4 is 20.1 Å². The van der Waals surface area contributed by atoms with Crippen molar-refractivity contribution >= 4 is 11.9 Å². The highest BCUT2D eigenvalue weighted by atomic mass is 16.7. The highest BCUT2D eigenvalue weighted by molar-refractivity contribution is 5.94. The minimum absolute atomic E-state index is 0.0102. The van der Waals surface area contributed by atoms with Crippen LogP contribution in [0.25, 0.3) is 0 Å². The van der Waals surface area contributed by atoms with Gasteiger partial charge in [0.1, 0.15) is 0 Å². The zero-order valence-corrected chi connectivity index (χ0v) is 16.5. The molecule has 0 spiro atoms. The Morgan fingerprint density at radius 1 is 1.07 bits per heavy atom. The third kappa shape index (κ3) is 4.94. The van der Waals surface area contributed by atoms with E-state index < -0.39 is 0 Å². The molecule has 0 bridgehead atoms. The standard InChI is InChI=1S/C21H26N4O3/c1-22-21(24-13-16-7-8-18-19(12-16)28-14-27-18)23-10-9-15-5-4-6-17(11-15)20(26)25(2)3/h4-8,11-12H,9-10,13-14H2,1-3H3,(H2,22,23,24). The molecule has 0 fully saturated rings. The maximum Gasteiger partial charge on any atom is 0.253 e. The molecule has 1 aliphatic heterocycles. The quantitative estimate of drug-likeness (QED) is 0.591.